The summed E-state index contributed by atoms with van der Waals surface area (Å²) in [6, 6.07) is 22.6. The Morgan fingerprint density at radius 2 is 1.42 bits per heavy atom. The van der Waals surface area contributed by atoms with Crippen LogP contribution in [0.4, 0.5) is 0 Å². The molecule has 0 amide bonds. The molecule has 1 heteroatoms. The maximum atomic E-state index is 2.46. The summed E-state index contributed by atoms with van der Waals surface area (Å²) in [5.41, 5.74) is 4.51. The third-order valence-electron chi connectivity index (χ3n) is 5.66. The lowest BCUT2D eigenvalue weighted by atomic mass is 9.84. The van der Waals surface area contributed by atoms with E-state index < -0.39 is 0 Å². The van der Waals surface area contributed by atoms with Crippen molar-refractivity contribution in [2.24, 2.45) is 0 Å². The first kappa shape index (κ1) is 15.9. The molecule has 3 aromatic carbocycles. The zero-order chi connectivity index (χ0) is 17.1. The van der Waals surface area contributed by atoms with Gasteiger partial charge in [0.2, 0.25) is 0 Å². The van der Waals surface area contributed by atoms with Crippen LogP contribution in [0.5, 0.6) is 0 Å². The van der Waals surface area contributed by atoms with Gasteiger partial charge >= 0.3 is 0 Å². The number of rotatable bonds is 1. The van der Waals surface area contributed by atoms with Crippen molar-refractivity contribution < 1.29 is 0 Å². The molecule has 24 heavy (non-hydrogen) atoms. The van der Waals surface area contributed by atoms with Crippen molar-refractivity contribution in [1.29, 1.82) is 0 Å². The number of aryl methyl sites for hydroxylation is 1. The number of hydrogen-bond donors (Lipinski definition) is 0. The largest absolute Gasteiger partial charge is 0.0622 e. The average Bonchev–Trinajstić information content (AvgIpc) is 2.53. The summed E-state index contributed by atoms with van der Waals surface area (Å²) in [5.74, 6) is 0. The van der Waals surface area contributed by atoms with E-state index in [9.17, 15) is 0 Å². The number of hydrogen-bond acceptors (Lipinski definition) is 0. The summed E-state index contributed by atoms with van der Waals surface area (Å²) in [4.78, 5) is 0. The van der Waals surface area contributed by atoms with Crippen LogP contribution >= 0.6 is 7.92 Å². The second kappa shape index (κ2) is 5.17. The lowest BCUT2D eigenvalue weighted by Gasteiger charge is -2.51. The van der Waals surface area contributed by atoms with E-state index in [2.05, 4.69) is 95.3 Å². The lowest BCUT2D eigenvalue weighted by molar-refractivity contribution is 0.676. The summed E-state index contributed by atoms with van der Waals surface area (Å²) >= 11 is 0. The van der Waals surface area contributed by atoms with Gasteiger partial charge in [0.15, 0.2) is 0 Å². The summed E-state index contributed by atoms with van der Waals surface area (Å²) in [6.45, 7) is 12.1. The molecule has 0 saturated carbocycles. The molecular formula is C23H25P. The van der Waals surface area contributed by atoms with Gasteiger partial charge in [0, 0.05) is 10.3 Å². The van der Waals surface area contributed by atoms with Crippen LogP contribution in [0.15, 0.2) is 60.7 Å². The minimum Gasteiger partial charge on any atom is -0.0622 e. The Bertz CT molecular complexity index is 919. The molecule has 1 atom stereocenters. The summed E-state index contributed by atoms with van der Waals surface area (Å²) < 4.78 is 0. The Morgan fingerprint density at radius 1 is 0.708 bits per heavy atom. The molecule has 122 valence electrons. The second-order valence-electron chi connectivity index (χ2n) is 7.95. The molecule has 3 aromatic rings. The molecule has 0 radical (unpaired) electrons. The van der Waals surface area contributed by atoms with Crippen molar-refractivity contribution in [3.8, 4) is 0 Å². The third-order valence-corrected chi connectivity index (χ3v) is 9.17. The van der Waals surface area contributed by atoms with Crippen LogP contribution in [0.2, 0.25) is 0 Å². The fourth-order valence-electron chi connectivity index (χ4n) is 4.94. The minimum absolute atomic E-state index is 0.151. The fourth-order valence-corrected chi connectivity index (χ4v) is 9.03. The van der Waals surface area contributed by atoms with Crippen LogP contribution in [-0.2, 0) is 10.3 Å². The molecule has 1 aliphatic rings. The highest BCUT2D eigenvalue weighted by Gasteiger charge is 2.48. The van der Waals surface area contributed by atoms with Gasteiger partial charge in [-0.3, -0.25) is 0 Å². The Morgan fingerprint density at radius 3 is 2.12 bits per heavy atom. The monoisotopic (exact) mass is 332 g/mol. The molecule has 1 aliphatic heterocycles. The van der Waals surface area contributed by atoms with Gasteiger partial charge in [-0.1, -0.05) is 96.3 Å². The minimum atomic E-state index is -0.382. The van der Waals surface area contributed by atoms with Crippen LogP contribution in [0.3, 0.4) is 0 Å². The molecule has 0 aliphatic carbocycles. The maximum absolute atomic E-state index is 2.46. The van der Waals surface area contributed by atoms with E-state index in [0.29, 0.717) is 0 Å². The van der Waals surface area contributed by atoms with E-state index in [0.717, 1.165) is 0 Å². The molecule has 0 spiro atoms. The van der Waals surface area contributed by atoms with Crippen LogP contribution in [0, 0.1) is 6.92 Å². The van der Waals surface area contributed by atoms with Crippen LogP contribution in [-0.4, -0.2) is 0 Å². The smallest absolute Gasteiger partial charge is 0.0155 e. The van der Waals surface area contributed by atoms with Gasteiger partial charge in [0.05, 0.1) is 0 Å². The van der Waals surface area contributed by atoms with Crippen molar-refractivity contribution in [2.75, 3.05) is 0 Å². The van der Waals surface area contributed by atoms with Crippen LogP contribution in [0.25, 0.3) is 10.8 Å². The maximum Gasteiger partial charge on any atom is 0.0155 e. The highest BCUT2D eigenvalue weighted by Crippen LogP contribution is 2.71. The topological polar surface area (TPSA) is 0 Å². The second-order valence-corrected chi connectivity index (χ2v) is 11.4. The molecule has 0 bridgehead atoms. The van der Waals surface area contributed by atoms with Gasteiger partial charge in [-0.25, -0.2) is 0 Å². The van der Waals surface area contributed by atoms with Crippen LogP contribution in [0.1, 0.15) is 44.4 Å². The Kier molecular flexibility index (Phi) is 3.42. The first-order valence-electron chi connectivity index (χ1n) is 8.74. The SMILES string of the molecule is Cc1ccc2cccc3c2c1C(C)(C)P(c1ccccc1)C3(C)C. The zero-order valence-electron chi connectivity index (χ0n) is 15.2. The highest BCUT2D eigenvalue weighted by molar-refractivity contribution is 7.68. The van der Waals surface area contributed by atoms with Gasteiger partial charge in [-0.05, 0) is 39.7 Å². The van der Waals surface area contributed by atoms with Crippen molar-refractivity contribution in [1.82, 2.24) is 0 Å². The predicted octanol–water partition coefficient (Wildman–Crippen LogP) is 6.44. The van der Waals surface area contributed by atoms with Gasteiger partial charge in [-0.2, -0.15) is 0 Å². The van der Waals surface area contributed by atoms with Gasteiger partial charge in [-0.15, -0.1) is 0 Å². The summed E-state index contributed by atoms with van der Waals surface area (Å²) in [5, 5.41) is 4.70. The van der Waals surface area contributed by atoms with Gasteiger partial charge in [0.25, 0.3) is 0 Å². The zero-order valence-corrected chi connectivity index (χ0v) is 16.1. The van der Waals surface area contributed by atoms with Crippen molar-refractivity contribution in [3.05, 3.63) is 77.4 Å². The van der Waals surface area contributed by atoms with Crippen molar-refractivity contribution >= 4 is 24.0 Å². The van der Waals surface area contributed by atoms with E-state index in [1.807, 2.05) is 0 Å². The quantitative estimate of drug-likeness (QED) is 0.450. The normalized spacial score (nSPS) is 21.0. The molecule has 1 heterocycles. The first-order chi connectivity index (χ1) is 11.3. The number of benzene rings is 3. The van der Waals surface area contributed by atoms with E-state index in [1.54, 1.807) is 5.56 Å². The molecule has 0 fully saturated rings. The molecule has 0 nitrogen and oxygen atoms in total. The van der Waals surface area contributed by atoms with Crippen molar-refractivity contribution in [3.63, 3.8) is 0 Å². The average molecular weight is 332 g/mol. The van der Waals surface area contributed by atoms with E-state index in [1.165, 1.54) is 27.2 Å². The molecule has 1 unspecified atom stereocenters. The van der Waals surface area contributed by atoms with Crippen LogP contribution < -0.4 is 5.30 Å². The highest BCUT2D eigenvalue weighted by atomic mass is 31.1. The van der Waals surface area contributed by atoms with E-state index in [-0.39, 0.29) is 18.2 Å². The molecule has 0 N–H and O–H groups in total. The fraction of sp³-hybridized carbons (Fsp3) is 0.304. The van der Waals surface area contributed by atoms with E-state index in [4.69, 9.17) is 0 Å². The Labute approximate surface area is 146 Å². The molecule has 0 aromatic heterocycles. The Hall–Kier alpha value is -1.65. The molecular weight excluding hydrogens is 307 g/mol. The summed E-state index contributed by atoms with van der Waals surface area (Å²) in [7, 11) is -0.382. The van der Waals surface area contributed by atoms with Gasteiger partial charge in [0.1, 0.15) is 0 Å². The van der Waals surface area contributed by atoms with Crippen molar-refractivity contribution in [2.45, 2.75) is 44.9 Å². The van der Waals surface area contributed by atoms with Gasteiger partial charge < -0.3 is 0 Å². The van der Waals surface area contributed by atoms with E-state index >= 15 is 0 Å². The lowest BCUT2D eigenvalue weighted by Crippen LogP contribution is -2.36. The standard InChI is InChI=1S/C23H25P/c1-16-14-15-17-10-9-13-19-20(17)21(16)23(4,5)24(22(19,2)3)18-11-7-6-8-12-18/h6-15H,1-5H3. The molecule has 4 rings (SSSR count). The molecule has 0 saturated heterocycles. The Balaban J connectivity index is 2.14. The first-order valence-corrected chi connectivity index (χ1v) is 10.1. The predicted molar refractivity (Wildman–Crippen MR) is 108 cm³/mol. The third kappa shape index (κ3) is 2.02. The summed E-state index contributed by atoms with van der Waals surface area (Å²) in [6.07, 6.45) is 0.